The number of dihydropyridines is 1. The van der Waals surface area contributed by atoms with Crippen LogP contribution in [0.1, 0.15) is 11.4 Å². The standard InChI is InChI=1S/C16H16ClN3/c1-13-18-10-11-20(13)12-16(17)9-5-8-15(19-16)14-6-3-2-4-7-14/h2-11,19H,12H2,1H3. The summed E-state index contributed by atoms with van der Waals surface area (Å²) in [5.41, 5.74) is 2.16. The summed E-state index contributed by atoms with van der Waals surface area (Å²) in [5, 5.41) is 3.40. The number of imidazole rings is 1. The molecule has 1 aliphatic rings. The highest BCUT2D eigenvalue weighted by Crippen LogP contribution is 2.26. The van der Waals surface area contributed by atoms with E-state index in [1.165, 1.54) is 0 Å². The number of benzene rings is 1. The zero-order valence-electron chi connectivity index (χ0n) is 11.3. The monoisotopic (exact) mass is 285 g/mol. The minimum atomic E-state index is -0.634. The molecule has 1 N–H and O–H groups in total. The summed E-state index contributed by atoms with van der Waals surface area (Å²) in [4.78, 5) is 3.59. The van der Waals surface area contributed by atoms with Crippen LogP contribution in [0, 0.1) is 6.92 Å². The van der Waals surface area contributed by atoms with Crippen LogP contribution in [0.4, 0.5) is 0 Å². The molecule has 2 heterocycles. The molecule has 1 aromatic carbocycles. The molecule has 3 rings (SSSR count). The third kappa shape index (κ3) is 2.63. The van der Waals surface area contributed by atoms with Crippen LogP contribution in [0.25, 0.3) is 5.70 Å². The van der Waals surface area contributed by atoms with Crippen molar-refractivity contribution in [2.24, 2.45) is 0 Å². The predicted octanol–water partition coefficient (Wildman–Crippen LogP) is 3.33. The fraction of sp³-hybridized carbons (Fsp3) is 0.188. The third-order valence-corrected chi connectivity index (χ3v) is 3.71. The fourth-order valence-corrected chi connectivity index (χ4v) is 2.60. The van der Waals surface area contributed by atoms with Crippen molar-refractivity contribution in [3.05, 3.63) is 72.3 Å². The quantitative estimate of drug-likeness (QED) is 0.692. The molecule has 3 nitrogen and oxygen atoms in total. The lowest BCUT2D eigenvalue weighted by Crippen LogP contribution is -2.42. The molecule has 0 aliphatic carbocycles. The average Bonchev–Trinajstić information content (AvgIpc) is 2.85. The largest absolute Gasteiger partial charge is 0.362 e. The molecule has 4 heteroatoms. The number of halogens is 1. The number of hydrogen-bond acceptors (Lipinski definition) is 2. The number of hydrogen-bond donors (Lipinski definition) is 1. The van der Waals surface area contributed by atoms with Crippen LogP contribution in [-0.4, -0.2) is 14.5 Å². The van der Waals surface area contributed by atoms with E-state index in [2.05, 4.69) is 22.4 Å². The van der Waals surface area contributed by atoms with Crippen molar-refractivity contribution in [1.82, 2.24) is 14.9 Å². The number of allylic oxidation sites excluding steroid dienone is 2. The van der Waals surface area contributed by atoms with Gasteiger partial charge in [-0.2, -0.15) is 0 Å². The third-order valence-electron chi connectivity index (χ3n) is 3.37. The van der Waals surface area contributed by atoms with E-state index in [0.717, 1.165) is 17.1 Å². The first kappa shape index (κ1) is 13.0. The second-order valence-electron chi connectivity index (χ2n) is 4.90. The van der Waals surface area contributed by atoms with Crippen molar-refractivity contribution >= 4 is 17.3 Å². The number of aryl methyl sites for hydroxylation is 1. The zero-order chi connectivity index (χ0) is 14.0. The van der Waals surface area contributed by atoms with E-state index < -0.39 is 5.00 Å². The minimum absolute atomic E-state index is 0.626. The maximum atomic E-state index is 6.70. The van der Waals surface area contributed by atoms with Gasteiger partial charge >= 0.3 is 0 Å². The lowest BCUT2D eigenvalue weighted by atomic mass is 10.1. The molecule has 20 heavy (non-hydrogen) atoms. The summed E-state index contributed by atoms with van der Waals surface area (Å²) in [6.07, 6.45) is 9.74. The Labute approximate surface area is 123 Å². The van der Waals surface area contributed by atoms with Gasteiger partial charge in [0.25, 0.3) is 0 Å². The molecule has 0 radical (unpaired) electrons. The molecule has 0 saturated heterocycles. The predicted molar refractivity (Wildman–Crippen MR) is 82.2 cm³/mol. The van der Waals surface area contributed by atoms with Gasteiger partial charge in [0.2, 0.25) is 0 Å². The molecule has 0 amide bonds. The fourth-order valence-electron chi connectivity index (χ4n) is 2.30. The highest BCUT2D eigenvalue weighted by atomic mass is 35.5. The maximum absolute atomic E-state index is 6.70. The van der Waals surface area contributed by atoms with Crippen molar-refractivity contribution in [2.45, 2.75) is 18.5 Å². The molecule has 1 atom stereocenters. The SMILES string of the molecule is Cc1nccn1CC1(Cl)C=CC=C(c2ccccc2)N1. The second kappa shape index (κ2) is 5.17. The Bertz CT molecular complexity index is 657. The van der Waals surface area contributed by atoms with Gasteiger partial charge in [0.1, 0.15) is 10.8 Å². The van der Waals surface area contributed by atoms with Gasteiger partial charge in [-0.15, -0.1) is 0 Å². The molecule has 1 aromatic heterocycles. The van der Waals surface area contributed by atoms with Crippen LogP contribution in [0.5, 0.6) is 0 Å². The van der Waals surface area contributed by atoms with Gasteiger partial charge in [0.05, 0.1) is 6.54 Å². The Morgan fingerprint density at radius 1 is 1.30 bits per heavy atom. The number of alkyl halides is 1. The van der Waals surface area contributed by atoms with Crippen LogP contribution in [-0.2, 0) is 6.54 Å². The Kier molecular flexibility index (Phi) is 3.36. The van der Waals surface area contributed by atoms with E-state index in [0.29, 0.717) is 6.54 Å². The van der Waals surface area contributed by atoms with E-state index in [4.69, 9.17) is 11.6 Å². The Balaban J connectivity index is 1.82. The number of nitrogens with one attached hydrogen (secondary N) is 1. The number of rotatable bonds is 3. The van der Waals surface area contributed by atoms with Crippen LogP contribution >= 0.6 is 11.6 Å². The van der Waals surface area contributed by atoms with E-state index in [9.17, 15) is 0 Å². The van der Waals surface area contributed by atoms with Gasteiger partial charge in [-0.25, -0.2) is 4.98 Å². The van der Waals surface area contributed by atoms with Gasteiger partial charge in [-0.3, -0.25) is 0 Å². The van der Waals surface area contributed by atoms with Crippen LogP contribution in [0.15, 0.2) is 61.0 Å². The normalized spacial score (nSPS) is 21.4. The summed E-state index contributed by atoms with van der Waals surface area (Å²) >= 11 is 6.70. The first-order valence-electron chi connectivity index (χ1n) is 6.56. The Morgan fingerprint density at radius 2 is 2.10 bits per heavy atom. The van der Waals surface area contributed by atoms with E-state index >= 15 is 0 Å². The molecular formula is C16H16ClN3. The van der Waals surface area contributed by atoms with Crippen molar-refractivity contribution in [3.63, 3.8) is 0 Å². The lowest BCUT2D eigenvalue weighted by molar-refractivity contribution is 0.516. The molecule has 1 unspecified atom stereocenters. The maximum Gasteiger partial charge on any atom is 0.149 e. The summed E-state index contributed by atoms with van der Waals surface area (Å²) in [6, 6.07) is 10.2. The molecule has 2 aromatic rings. The first-order valence-corrected chi connectivity index (χ1v) is 6.94. The van der Waals surface area contributed by atoms with Gasteiger partial charge in [0.15, 0.2) is 0 Å². The van der Waals surface area contributed by atoms with Crippen molar-refractivity contribution in [1.29, 1.82) is 0 Å². The van der Waals surface area contributed by atoms with E-state index in [1.807, 2.05) is 54.1 Å². The van der Waals surface area contributed by atoms with Gasteiger partial charge in [-0.1, -0.05) is 48.0 Å². The zero-order valence-corrected chi connectivity index (χ0v) is 12.0. The number of nitrogens with zero attached hydrogens (tertiary/aromatic N) is 2. The lowest BCUT2D eigenvalue weighted by Gasteiger charge is -2.31. The smallest absolute Gasteiger partial charge is 0.149 e. The molecule has 0 fully saturated rings. The van der Waals surface area contributed by atoms with E-state index in [-0.39, 0.29) is 0 Å². The molecule has 0 spiro atoms. The van der Waals surface area contributed by atoms with Crippen LogP contribution in [0.3, 0.4) is 0 Å². The Hall–Kier alpha value is -2.00. The highest BCUT2D eigenvalue weighted by Gasteiger charge is 2.27. The summed E-state index contributed by atoms with van der Waals surface area (Å²) in [7, 11) is 0. The number of aromatic nitrogens is 2. The van der Waals surface area contributed by atoms with Crippen LogP contribution < -0.4 is 5.32 Å². The van der Waals surface area contributed by atoms with Gasteiger partial charge in [-0.05, 0) is 24.6 Å². The average molecular weight is 286 g/mol. The first-order chi connectivity index (χ1) is 9.66. The second-order valence-corrected chi connectivity index (χ2v) is 5.57. The Morgan fingerprint density at radius 3 is 2.80 bits per heavy atom. The van der Waals surface area contributed by atoms with Crippen LogP contribution in [0.2, 0.25) is 0 Å². The highest BCUT2D eigenvalue weighted by molar-refractivity contribution is 6.25. The molecule has 0 saturated carbocycles. The van der Waals surface area contributed by atoms with Gasteiger partial charge < -0.3 is 9.88 Å². The molecule has 1 aliphatic heterocycles. The van der Waals surface area contributed by atoms with Crippen molar-refractivity contribution in [3.8, 4) is 0 Å². The minimum Gasteiger partial charge on any atom is -0.362 e. The topological polar surface area (TPSA) is 29.9 Å². The van der Waals surface area contributed by atoms with Crippen molar-refractivity contribution < 1.29 is 0 Å². The van der Waals surface area contributed by atoms with Crippen molar-refractivity contribution in [2.75, 3.05) is 0 Å². The molecular weight excluding hydrogens is 270 g/mol. The van der Waals surface area contributed by atoms with E-state index in [1.54, 1.807) is 6.20 Å². The molecule has 0 bridgehead atoms. The summed E-state index contributed by atoms with van der Waals surface area (Å²) < 4.78 is 2.04. The van der Waals surface area contributed by atoms with Gasteiger partial charge in [0, 0.05) is 18.1 Å². The molecule has 102 valence electrons. The summed E-state index contributed by atoms with van der Waals surface area (Å²) in [6.45, 7) is 2.60. The summed E-state index contributed by atoms with van der Waals surface area (Å²) in [5.74, 6) is 0.955.